The lowest BCUT2D eigenvalue weighted by Crippen LogP contribution is -2.45. The van der Waals surface area contributed by atoms with Gasteiger partial charge in [-0.05, 0) is 49.1 Å². The Morgan fingerprint density at radius 2 is 1.55 bits per heavy atom. The van der Waals surface area contributed by atoms with Crippen molar-refractivity contribution in [3.05, 3.63) is 64.6 Å². The minimum absolute atomic E-state index is 0.138. The van der Waals surface area contributed by atoms with Crippen LogP contribution in [-0.4, -0.2) is 37.8 Å². The molecule has 0 heterocycles. The van der Waals surface area contributed by atoms with Crippen molar-refractivity contribution in [2.45, 2.75) is 62.3 Å². The first kappa shape index (κ1) is 24.0. The number of nitrogens with one attached hydrogen (secondary N) is 1. The Morgan fingerprint density at radius 1 is 0.935 bits per heavy atom. The van der Waals surface area contributed by atoms with E-state index in [0.29, 0.717) is 6.42 Å². The molecule has 31 heavy (non-hydrogen) atoms. The number of sulfonamides is 1. The third-order valence-electron chi connectivity index (χ3n) is 5.73. The average molecular weight is 507 g/mol. The Balaban J connectivity index is 1.72. The van der Waals surface area contributed by atoms with Gasteiger partial charge in [0.1, 0.15) is 0 Å². The highest BCUT2D eigenvalue weighted by Gasteiger charge is 2.27. The minimum atomic E-state index is -3.79. The predicted molar refractivity (Wildman–Crippen MR) is 127 cm³/mol. The van der Waals surface area contributed by atoms with E-state index >= 15 is 0 Å². The van der Waals surface area contributed by atoms with E-state index in [0.717, 1.165) is 35.7 Å². The first-order chi connectivity index (χ1) is 14.9. The van der Waals surface area contributed by atoms with Crippen LogP contribution in [-0.2, 0) is 21.2 Å². The summed E-state index contributed by atoms with van der Waals surface area (Å²) in [5.74, 6) is -0.223. The molecule has 168 valence electrons. The van der Waals surface area contributed by atoms with E-state index < -0.39 is 10.0 Å². The zero-order chi connectivity index (χ0) is 22.1. The normalized spacial score (nSPS) is 15.9. The van der Waals surface area contributed by atoms with Gasteiger partial charge in [-0.1, -0.05) is 78.4 Å². The van der Waals surface area contributed by atoms with Crippen molar-refractivity contribution in [2.24, 2.45) is 0 Å². The maximum absolute atomic E-state index is 13.3. The average Bonchev–Trinajstić information content (AvgIpc) is 2.74. The van der Waals surface area contributed by atoms with Crippen LogP contribution in [0.1, 0.15) is 50.5 Å². The molecule has 1 N–H and O–H groups in total. The topological polar surface area (TPSA) is 66.5 Å². The Morgan fingerprint density at radius 3 is 2.19 bits per heavy atom. The number of hydrogen-bond acceptors (Lipinski definition) is 3. The van der Waals surface area contributed by atoms with Crippen LogP contribution in [0.3, 0.4) is 0 Å². The van der Waals surface area contributed by atoms with Crippen LogP contribution < -0.4 is 5.32 Å². The summed E-state index contributed by atoms with van der Waals surface area (Å²) in [7, 11) is -3.79. The third-order valence-corrected chi connectivity index (χ3v) is 8.12. The Bertz CT molecular complexity index is 925. The zero-order valence-electron chi connectivity index (χ0n) is 17.8. The molecular weight excluding hydrogens is 476 g/mol. The summed E-state index contributed by atoms with van der Waals surface area (Å²) < 4.78 is 28.8. The van der Waals surface area contributed by atoms with Gasteiger partial charge in [0.2, 0.25) is 15.9 Å². The number of nitrogens with zero attached hydrogens (tertiary/aromatic N) is 1. The quantitative estimate of drug-likeness (QED) is 0.552. The van der Waals surface area contributed by atoms with Gasteiger partial charge in [0, 0.05) is 17.1 Å². The van der Waals surface area contributed by atoms with Crippen molar-refractivity contribution in [3.63, 3.8) is 0 Å². The van der Waals surface area contributed by atoms with Gasteiger partial charge < -0.3 is 5.32 Å². The summed E-state index contributed by atoms with van der Waals surface area (Å²) in [5.41, 5.74) is 1.04. The Kier molecular flexibility index (Phi) is 9.11. The van der Waals surface area contributed by atoms with Gasteiger partial charge in [-0.15, -0.1) is 0 Å². The molecule has 1 fully saturated rings. The molecule has 2 aromatic rings. The zero-order valence-corrected chi connectivity index (χ0v) is 20.2. The third kappa shape index (κ3) is 7.44. The molecule has 0 bridgehead atoms. The number of rotatable bonds is 8. The highest BCUT2D eigenvalue weighted by atomic mass is 79.9. The molecule has 1 saturated carbocycles. The molecule has 5 nitrogen and oxygen atoms in total. The number of amides is 1. The molecule has 7 heteroatoms. The van der Waals surface area contributed by atoms with Crippen molar-refractivity contribution >= 4 is 31.9 Å². The van der Waals surface area contributed by atoms with E-state index in [-0.39, 0.29) is 29.9 Å². The SMILES string of the molecule is O=C(CN(CCc1ccccc1)S(=O)(=O)c1ccc(Br)cc1)NC1CCCCCCC1. The van der Waals surface area contributed by atoms with E-state index in [9.17, 15) is 13.2 Å². The fraction of sp³-hybridized carbons (Fsp3) is 0.458. The highest BCUT2D eigenvalue weighted by Crippen LogP contribution is 2.20. The second kappa shape index (κ2) is 11.8. The number of benzene rings is 2. The Hall–Kier alpha value is -1.70. The molecule has 0 radical (unpaired) electrons. The van der Waals surface area contributed by atoms with Crippen LogP contribution in [0.4, 0.5) is 0 Å². The van der Waals surface area contributed by atoms with Crippen molar-refractivity contribution in [2.75, 3.05) is 13.1 Å². The van der Waals surface area contributed by atoms with Crippen molar-refractivity contribution in [1.29, 1.82) is 0 Å². The van der Waals surface area contributed by atoms with Crippen LogP contribution in [0.2, 0.25) is 0 Å². The van der Waals surface area contributed by atoms with Gasteiger partial charge in [0.15, 0.2) is 0 Å². The fourth-order valence-electron chi connectivity index (χ4n) is 3.97. The van der Waals surface area contributed by atoms with E-state index in [4.69, 9.17) is 0 Å². The van der Waals surface area contributed by atoms with E-state index in [1.54, 1.807) is 24.3 Å². The van der Waals surface area contributed by atoms with Gasteiger partial charge in [0.25, 0.3) is 0 Å². The van der Waals surface area contributed by atoms with Gasteiger partial charge in [-0.25, -0.2) is 8.42 Å². The van der Waals surface area contributed by atoms with Crippen LogP contribution in [0.25, 0.3) is 0 Å². The maximum atomic E-state index is 13.3. The van der Waals surface area contributed by atoms with Crippen LogP contribution in [0, 0.1) is 0 Å². The fourth-order valence-corrected chi connectivity index (χ4v) is 5.63. The first-order valence-electron chi connectivity index (χ1n) is 11.0. The molecule has 0 aromatic heterocycles. The molecule has 0 saturated heterocycles. The molecule has 1 aliphatic rings. The van der Waals surface area contributed by atoms with Gasteiger partial charge in [0.05, 0.1) is 11.4 Å². The van der Waals surface area contributed by atoms with Crippen molar-refractivity contribution in [1.82, 2.24) is 9.62 Å². The van der Waals surface area contributed by atoms with Gasteiger partial charge >= 0.3 is 0 Å². The molecule has 1 amide bonds. The number of hydrogen-bond donors (Lipinski definition) is 1. The van der Waals surface area contributed by atoms with Crippen LogP contribution in [0.5, 0.6) is 0 Å². The lowest BCUT2D eigenvalue weighted by Gasteiger charge is -2.25. The minimum Gasteiger partial charge on any atom is -0.352 e. The molecular formula is C24H31BrN2O3S. The summed E-state index contributed by atoms with van der Waals surface area (Å²) in [6.45, 7) is 0.0855. The molecule has 0 aliphatic heterocycles. The molecule has 0 unspecified atom stereocenters. The van der Waals surface area contributed by atoms with Crippen molar-refractivity contribution < 1.29 is 13.2 Å². The maximum Gasteiger partial charge on any atom is 0.243 e. The standard InChI is InChI=1S/C24H31BrN2O3S/c25-21-13-15-23(16-14-21)31(29,30)27(18-17-20-9-5-4-6-10-20)19-24(28)26-22-11-7-2-1-3-8-12-22/h4-6,9-10,13-16,22H,1-3,7-8,11-12,17-19H2,(H,26,28). The Labute approximate surface area is 194 Å². The molecule has 2 aromatic carbocycles. The lowest BCUT2D eigenvalue weighted by molar-refractivity contribution is -0.122. The van der Waals surface area contributed by atoms with Crippen LogP contribution in [0.15, 0.2) is 64.0 Å². The summed E-state index contributed by atoms with van der Waals surface area (Å²) in [6, 6.07) is 16.4. The van der Waals surface area contributed by atoms with Crippen LogP contribution >= 0.6 is 15.9 Å². The second-order valence-electron chi connectivity index (χ2n) is 8.14. The molecule has 0 atom stereocenters. The van der Waals surface area contributed by atoms with E-state index in [1.807, 2.05) is 30.3 Å². The molecule has 3 rings (SSSR count). The summed E-state index contributed by atoms with van der Waals surface area (Å²) in [4.78, 5) is 13.0. The second-order valence-corrected chi connectivity index (χ2v) is 11.0. The number of carbonyl (C=O) groups is 1. The summed E-state index contributed by atoms with van der Waals surface area (Å²) >= 11 is 3.35. The van der Waals surface area contributed by atoms with E-state index in [2.05, 4.69) is 21.2 Å². The monoisotopic (exact) mass is 506 g/mol. The summed E-state index contributed by atoms with van der Waals surface area (Å²) in [6.07, 6.45) is 8.37. The molecule has 1 aliphatic carbocycles. The number of carbonyl (C=O) groups excluding carboxylic acids is 1. The number of halogens is 1. The lowest BCUT2D eigenvalue weighted by atomic mass is 9.97. The highest BCUT2D eigenvalue weighted by molar-refractivity contribution is 9.10. The summed E-state index contributed by atoms with van der Waals surface area (Å²) in [5, 5.41) is 3.10. The largest absolute Gasteiger partial charge is 0.352 e. The smallest absolute Gasteiger partial charge is 0.243 e. The van der Waals surface area contributed by atoms with Gasteiger partial charge in [-0.3, -0.25) is 4.79 Å². The van der Waals surface area contributed by atoms with E-state index in [1.165, 1.54) is 23.6 Å². The van der Waals surface area contributed by atoms with Crippen molar-refractivity contribution in [3.8, 4) is 0 Å². The van der Waals surface area contributed by atoms with Gasteiger partial charge in [-0.2, -0.15) is 4.31 Å². The first-order valence-corrected chi connectivity index (χ1v) is 13.3. The predicted octanol–water partition coefficient (Wildman–Crippen LogP) is 4.91. The molecule has 0 spiro atoms.